The number of nitrogens with zero attached hydrogens (tertiary/aromatic N) is 1. The molecule has 1 amide bonds. The maximum atomic E-state index is 12.2. The van der Waals surface area contributed by atoms with E-state index < -0.39 is 5.60 Å². The molecule has 4 nitrogen and oxygen atoms in total. The lowest BCUT2D eigenvalue weighted by Crippen LogP contribution is -2.46. The summed E-state index contributed by atoms with van der Waals surface area (Å²) in [6.07, 6.45) is 0.435. The Balaban J connectivity index is 2.75. The number of likely N-dealkylation sites (N-methyl/N-ethyl adjacent to an activating group) is 2. The molecule has 118 valence electrons. The maximum absolute atomic E-state index is 12.2. The molecular weight excluding hydrogens is 288 g/mol. The van der Waals surface area contributed by atoms with Gasteiger partial charge in [0.2, 0.25) is 0 Å². The average molecular weight is 313 g/mol. The fourth-order valence-corrected chi connectivity index (χ4v) is 2.08. The molecule has 0 aliphatic rings. The van der Waals surface area contributed by atoms with Crippen LogP contribution in [0.4, 0.5) is 4.79 Å². The summed E-state index contributed by atoms with van der Waals surface area (Å²) in [4.78, 5) is 13.8. The highest BCUT2D eigenvalue weighted by atomic mass is 35.5. The zero-order valence-electron chi connectivity index (χ0n) is 13.4. The summed E-state index contributed by atoms with van der Waals surface area (Å²) < 4.78 is 5.42. The summed E-state index contributed by atoms with van der Waals surface area (Å²) in [5, 5.41) is 3.83. The van der Waals surface area contributed by atoms with Crippen LogP contribution in [0.1, 0.15) is 26.3 Å². The van der Waals surface area contributed by atoms with Crippen LogP contribution in [0.15, 0.2) is 24.3 Å². The van der Waals surface area contributed by atoms with Crippen LogP contribution >= 0.6 is 11.6 Å². The van der Waals surface area contributed by atoms with E-state index in [1.54, 1.807) is 11.9 Å². The molecule has 0 bridgehead atoms. The minimum absolute atomic E-state index is 0.0195. The van der Waals surface area contributed by atoms with Gasteiger partial charge in [-0.2, -0.15) is 0 Å². The number of hydrogen-bond acceptors (Lipinski definition) is 3. The summed E-state index contributed by atoms with van der Waals surface area (Å²) in [5.41, 5.74) is 0.644. The minimum atomic E-state index is -0.490. The van der Waals surface area contributed by atoms with Crippen molar-refractivity contribution in [1.82, 2.24) is 10.2 Å². The van der Waals surface area contributed by atoms with Crippen LogP contribution in [0.3, 0.4) is 0 Å². The van der Waals surface area contributed by atoms with Crippen molar-refractivity contribution in [3.63, 3.8) is 0 Å². The molecule has 0 heterocycles. The van der Waals surface area contributed by atoms with Gasteiger partial charge in [0, 0.05) is 18.6 Å². The Bertz CT molecular complexity index is 454. The van der Waals surface area contributed by atoms with E-state index in [1.807, 2.05) is 52.1 Å². The SMILES string of the molecule is CNC[C@@H](Cc1ccc(Cl)cc1)N(C)C(=O)OC(C)(C)C. The monoisotopic (exact) mass is 312 g/mol. The third kappa shape index (κ3) is 6.36. The van der Waals surface area contributed by atoms with Crippen LogP contribution < -0.4 is 5.32 Å². The number of ether oxygens (including phenoxy) is 1. The molecule has 21 heavy (non-hydrogen) atoms. The topological polar surface area (TPSA) is 41.6 Å². The maximum Gasteiger partial charge on any atom is 0.410 e. The van der Waals surface area contributed by atoms with Gasteiger partial charge < -0.3 is 15.0 Å². The van der Waals surface area contributed by atoms with Crippen LogP contribution in [-0.4, -0.2) is 43.3 Å². The fourth-order valence-electron chi connectivity index (χ4n) is 1.96. The molecule has 1 aromatic carbocycles. The Labute approximate surface area is 132 Å². The van der Waals surface area contributed by atoms with E-state index in [1.165, 1.54) is 0 Å². The van der Waals surface area contributed by atoms with E-state index in [2.05, 4.69) is 5.32 Å². The molecule has 0 aromatic heterocycles. The van der Waals surface area contributed by atoms with Crippen molar-refractivity contribution < 1.29 is 9.53 Å². The molecule has 1 rings (SSSR count). The van der Waals surface area contributed by atoms with E-state index in [4.69, 9.17) is 16.3 Å². The van der Waals surface area contributed by atoms with Gasteiger partial charge in [0.05, 0.1) is 6.04 Å². The summed E-state index contributed by atoms with van der Waals surface area (Å²) >= 11 is 5.90. The Hall–Kier alpha value is -1.26. The normalized spacial score (nSPS) is 12.9. The van der Waals surface area contributed by atoms with Crippen molar-refractivity contribution in [2.45, 2.75) is 38.8 Å². The second-order valence-corrected chi connectivity index (χ2v) is 6.57. The fraction of sp³-hybridized carbons (Fsp3) is 0.562. The van der Waals surface area contributed by atoms with Crippen LogP contribution in [0.2, 0.25) is 5.02 Å². The van der Waals surface area contributed by atoms with Gasteiger partial charge in [-0.15, -0.1) is 0 Å². The first-order valence-electron chi connectivity index (χ1n) is 7.08. The van der Waals surface area contributed by atoms with E-state index in [0.29, 0.717) is 11.6 Å². The first-order chi connectivity index (χ1) is 9.73. The number of halogens is 1. The molecule has 5 heteroatoms. The quantitative estimate of drug-likeness (QED) is 0.906. The summed E-state index contributed by atoms with van der Waals surface area (Å²) in [6, 6.07) is 7.70. The summed E-state index contributed by atoms with van der Waals surface area (Å²) in [5.74, 6) is 0. The number of hydrogen-bond donors (Lipinski definition) is 1. The van der Waals surface area contributed by atoms with Gasteiger partial charge >= 0.3 is 6.09 Å². The average Bonchev–Trinajstić information content (AvgIpc) is 2.38. The third-order valence-electron chi connectivity index (χ3n) is 3.05. The first-order valence-corrected chi connectivity index (χ1v) is 7.45. The molecule has 0 unspecified atom stereocenters. The van der Waals surface area contributed by atoms with Crippen molar-refractivity contribution in [3.8, 4) is 0 Å². The highest BCUT2D eigenvalue weighted by molar-refractivity contribution is 6.30. The Kier molecular flexibility index (Phi) is 6.49. The molecule has 0 fully saturated rings. The van der Waals surface area contributed by atoms with Crippen LogP contribution in [0.25, 0.3) is 0 Å². The smallest absolute Gasteiger partial charge is 0.410 e. The molecule has 0 aliphatic heterocycles. The Morgan fingerprint density at radius 1 is 1.33 bits per heavy atom. The van der Waals surface area contributed by atoms with Crippen molar-refractivity contribution in [1.29, 1.82) is 0 Å². The standard InChI is InChI=1S/C16H25ClN2O2/c1-16(2,3)21-15(20)19(5)14(11-18-4)10-12-6-8-13(17)9-7-12/h6-9,14,18H,10-11H2,1-5H3/t14-/m1/s1. The van der Waals surface area contributed by atoms with Gasteiger partial charge in [-0.1, -0.05) is 23.7 Å². The molecule has 1 atom stereocenters. The Morgan fingerprint density at radius 2 is 1.90 bits per heavy atom. The van der Waals surface area contributed by atoms with Gasteiger partial charge in [0.1, 0.15) is 5.60 Å². The molecule has 1 aromatic rings. The van der Waals surface area contributed by atoms with E-state index >= 15 is 0 Å². The predicted octanol–water partition coefficient (Wildman–Crippen LogP) is 3.34. The molecule has 0 radical (unpaired) electrons. The Morgan fingerprint density at radius 3 is 2.38 bits per heavy atom. The van der Waals surface area contributed by atoms with Gasteiger partial charge in [-0.3, -0.25) is 0 Å². The second-order valence-electron chi connectivity index (χ2n) is 6.13. The highest BCUT2D eigenvalue weighted by Crippen LogP contribution is 2.15. The van der Waals surface area contributed by atoms with Gasteiger partial charge in [-0.05, 0) is 51.9 Å². The summed E-state index contributed by atoms with van der Waals surface area (Å²) in [6.45, 7) is 6.29. The molecule has 0 spiro atoms. The molecule has 0 aliphatic carbocycles. The zero-order valence-corrected chi connectivity index (χ0v) is 14.2. The van der Waals surface area contributed by atoms with Crippen molar-refractivity contribution in [2.75, 3.05) is 20.6 Å². The lowest BCUT2D eigenvalue weighted by molar-refractivity contribution is 0.0223. The van der Waals surface area contributed by atoms with Crippen LogP contribution in [0, 0.1) is 0 Å². The first kappa shape index (κ1) is 17.8. The number of rotatable bonds is 5. The van der Waals surface area contributed by atoms with Crippen molar-refractivity contribution in [2.24, 2.45) is 0 Å². The number of nitrogens with one attached hydrogen (secondary N) is 1. The van der Waals surface area contributed by atoms with Crippen LogP contribution in [-0.2, 0) is 11.2 Å². The second kappa shape index (κ2) is 7.66. The zero-order chi connectivity index (χ0) is 16.0. The van der Waals surface area contributed by atoms with E-state index in [9.17, 15) is 4.79 Å². The number of benzene rings is 1. The van der Waals surface area contributed by atoms with Gasteiger partial charge in [0.15, 0.2) is 0 Å². The number of amides is 1. The van der Waals surface area contributed by atoms with Crippen LogP contribution in [0.5, 0.6) is 0 Å². The minimum Gasteiger partial charge on any atom is -0.444 e. The lowest BCUT2D eigenvalue weighted by atomic mass is 10.1. The third-order valence-corrected chi connectivity index (χ3v) is 3.31. The van der Waals surface area contributed by atoms with Crippen molar-refractivity contribution in [3.05, 3.63) is 34.9 Å². The molecule has 0 saturated heterocycles. The summed E-state index contributed by atoms with van der Waals surface area (Å²) in [7, 11) is 3.64. The largest absolute Gasteiger partial charge is 0.444 e. The number of carbonyl (C=O) groups excluding carboxylic acids is 1. The lowest BCUT2D eigenvalue weighted by Gasteiger charge is -2.30. The van der Waals surface area contributed by atoms with Crippen molar-refractivity contribution >= 4 is 17.7 Å². The van der Waals surface area contributed by atoms with Gasteiger partial charge in [0.25, 0.3) is 0 Å². The predicted molar refractivity (Wildman–Crippen MR) is 86.9 cm³/mol. The van der Waals surface area contributed by atoms with E-state index in [0.717, 1.165) is 12.0 Å². The molecular formula is C16H25ClN2O2. The number of carbonyl (C=O) groups is 1. The highest BCUT2D eigenvalue weighted by Gasteiger charge is 2.25. The molecule has 1 N–H and O–H groups in total. The van der Waals surface area contributed by atoms with E-state index in [-0.39, 0.29) is 12.1 Å². The van der Waals surface area contributed by atoms with Gasteiger partial charge in [-0.25, -0.2) is 4.79 Å². The molecule has 0 saturated carbocycles.